The summed E-state index contributed by atoms with van der Waals surface area (Å²) in [5.74, 6) is 0.205. The Morgan fingerprint density at radius 3 is 2.29 bits per heavy atom. The first-order valence-corrected chi connectivity index (χ1v) is 12.7. The molecule has 0 aliphatic carbocycles. The number of benzene rings is 3. The van der Waals surface area contributed by atoms with Gasteiger partial charge in [-0.15, -0.1) is 0 Å². The Bertz CT molecular complexity index is 1360. The van der Waals surface area contributed by atoms with E-state index in [0.717, 1.165) is 16.7 Å². The lowest BCUT2D eigenvalue weighted by Gasteiger charge is -2.14. The van der Waals surface area contributed by atoms with E-state index in [1.54, 1.807) is 48.5 Å². The molecule has 1 saturated heterocycles. The fourth-order valence-corrected chi connectivity index (χ4v) is 5.09. The molecule has 35 heavy (non-hydrogen) atoms. The molecule has 1 heterocycles. The minimum Gasteiger partial charge on any atom is -0.493 e. The monoisotopic (exact) mass is 511 g/mol. The molecule has 1 aliphatic rings. The highest BCUT2D eigenvalue weighted by molar-refractivity contribution is 8.18. The van der Waals surface area contributed by atoms with Crippen LogP contribution in [0.2, 0.25) is 0 Å². The molecule has 0 radical (unpaired) electrons. The molecule has 0 atom stereocenters. The molecule has 8 nitrogen and oxygen atoms in total. The van der Waals surface area contributed by atoms with Gasteiger partial charge in [-0.2, -0.15) is 8.42 Å². The summed E-state index contributed by atoms with van der Waals surface area (Å²) in [4.78, 5) is 26.6. The van der Waals surface area contributed by atoms with E-state index in [1.165, 1.54) is 25.3 Å². The molecule has 180 valence electrons. The van der Waals surface area contributed by atoms with Crippen molar-refractivity contribution in [3.63, 3.8) is 0 Å². The van der Waals surface area contributed by atoms with Crippen molar-refractivity contribution in [1.82, 2.24) is 4.90 Å². The molecule has 4 rings (SSSR count). The number of rotatable bonds is 9. The average Bonchev–Trinajstić information content (AvgIpc) is 3.13. The topological polar surface area (TPSA) is 99.2 Å². The molecule has 0 aromatic heterocycles. The second kappa shape index (κ2) is 10.7. The second-order valence-electron chi connectivity index (χ2n) is 7.22. The van der Waals surface area contributed by atoms with Crippen LogP contribution >= 0.6 is 11.8 Å². The fourth-order valence-electron chi connectivity index (χ4n) is 3.25. The van der Waals surface area contributed by atoms with Gasteiger partial charge in [0.25, 0.3) is 11.1 Å². The Morgan fingerprint density at radius 1 is 0.914 bits per heavy atom. The van der Waals surface area contributed by atoms with Gasteiger partial charge >= 0.3 is 10.1 Å². The smallest absolute Gasteiger partial charge is 0.339 e. The van der Waals surface area contributed by atoms with Crippen LogP contribution in [0.1, 0.15) is 5.56 Å². The standard InChI is InChI=1S/C25H21NO7S2/c1-31-21-14-8-9-18(23(21)33-35(29,30)20-12-6-3-7-13-20)17-22-24(27)26(25(28)34-22)15-16-32-19-10-4-2-5-11-19/h2-14,17H,15-16H2,1H3/b22-17-. The highest BCUT2D eigenvalue weighted by Crippen LogP contribution is 2.38. The number of hydrogen-bond acceptors (Lipinski definition) is 8. The van der Waals surface area contributed by atoms with Crippen LogP contribution in [0.4, 0.5) is 4.79 Å². The molecule has 10 heteroatoms. The van der Waals surface area contributed by atoms with Crippen LogP contribution in [0.3, 0.4) is 0 Å². The average molecular weight is 512 g/mol. The minimum absolute atomic E-state index is 0.0319. The van der Waals surface area contributed by atoms with E-state index >= 15 is 0 Å². The van der Waals surface area contributed by atoms with E-state index in [4.69, 9.17) is 13.7 Å². The third kappa shape index (κ3) is 5.67. The van der Waals surface area contributed by atoms with Crippen molar-refractivity contribution >= 4 is 39.1 Å². The Labute approximate surface area is 207 Å². The number of thioether (sulfide) groups is 1. The first kappa shape index (κ1) is 24.4. The van der Waals surface area contributed by atoms with Crippen molar-refractivity contribution in [2.45, 2.75) is 4.90 Å². The summed E-state index contributed by atoms with van der Waals surface area (Å²) in [6.07, 6.45) is 1.42. The number of para-hydroxylation sites is 2. The number of methoxy groups -OCH3 is 1. The third-order valence-electron chi connectivity index (χ3n) is 4.94. The summed E-state index contributed by atoms with van der Waals surface area (Å²) in [6, 6.07) is 21.5. The third-order valence-corrected chi connectivity index (χ3v) is 7.08. The number of imide groups is 1. The van der Waals surface area contributed by atoms with Crippen molar-refractivity contribution in [2.75, 3.05) is 20.3 Å². The van der Waals surface area contributed by atoms with Crippen molar-refractivity contribution in [3.8, 4) is 17.2 Å². The predicted octanol–water partition coefficient (Wildman–Crippen LogP) is 4.58. The Morgan fingerprint density at radius 2 is 1.60 bits per heavy atom. The number of carbonyl (C=O) groups is 2. The molecular weight excluding hydrogens is 490 g/mol. The van der Waals surface area contributed by atoms with E-state index in [-0.39, 0.29) is 40.0 Å². The summed E-state index contributed by atoms with van der Waals surface area (Å²) in [6.45, 7) is 0.207. The lowest BCUT2D eigenvalue weighted by atomic mass is 10.1. The predicted molar refractivity (Wildman–Crippen MR) is 132 cm³/mol. The molecule has 1 fully saturated rings. The van der Waals surface area contributed by atoms with Gasteiger partial charge in [0.15, 0.2) is 11.5 Å². The fraction of sp³-hybridized carbons (Fsp3) is 0.120. The van der Waals surface area contributed by atoms with Crippen LogP contribution in [0.5, 0.6) is 17.2 Å². The molecular formula is C25H21NO7S2. The molecule has 0 bridgehead atoms. The van der Waals surface area contributed by atoms with Gasteiger partial charge in [-0.05, 0) is 48.2 Å². The zero-order chi connectivity index (χ0) is 24.8. The molecule has 0 N–H and O–H groups in total. The van der Waals surface area contributed by atoms with Gasteiger partial charge in [0.2, 0.25) is 0 Å². The van der Waals surface area contributed by atoms with Gasteiger partial charge in [0, 0.05) is 5.56 Å². The van der Waals surface area contributed by atoms with Gasteiger partial charge in [0.05, 0.1) is 18.6 Å². The first-order valence-electron chi connectivity index (χ1n) is 10.5. The lowest BCUT2D eigenvalue weighted by Crippen LogP contribution is -2.32. The van der Waals surface area contributed by atoms with E-state index in [0.29, 0.717) is 5.75 Å². The number of hydrogen-bond donors (Lipinski definition) is 0. The van der Waals surface area contributed by atoms with Crippen LogP contribution in [-0.4, -0.2) is 44.7 Å². The molecule has 0 saturated carbocycles. The maximum Gasteiger partial charge on any atom is 0.339 e. The summed E-state index contributed by atoms with van der Waals surface area (Å²) in [5.41, 5.74) is 0.273. The van der Waals surface area contributed by atoms with Crippen molar-refractivity contribution in [3.05, 3.63) is 89.3 Å². The van der Waals surface area contributed by atoms with Crippen LogP contribution in [0.15, 0.2) is 88.7 Å². The molecule has 0 spiro atoms. The zero-order valence-electron chi connectivity index (χ0n) is 18.6. The van der Waals surface area contributed by atoms with E-state index < -0.39 is 21.3 Å². The maximum absolute atomic E-state index is 12.9. The quantitative estimate of drug-likeness (QED) is 0.304. The van der Waals surface area contributed by atoms with Crippen molar-refractivity contribution in [2.24, 2.45) is 0 Å². The van der Waals surface area contributed by atoms with Gasteiger partial charge in [-0.1, -0.05) is 48.5 Å². The largest absolute Gasteiger partial charge is 0.493 e. The summed E-state index contributed by atoms with van der Waals surface area (Å²) in [5, 5.41) is -0.444. The summed E-state index contributed by atoms with van der Waals surface area (Å²) < 4.78 is 41.9. The molecule has 1 aliphatic heterocycles. The van der Waals surface area contributed by atoms with Crippen molar-refractivity contribution in [1.29, 1.82) is 0 Å². The van der Waals surface area contributed by atoms with Crippen LogP contribution < -0.4 is 13.7 Å². The molecule has 3 aromatic carbocycles. The van der Waals surface area contributed by atoms with E-state index in [9.17, 15) is 18.0 Å². The highest BCUT2D eigenvalue weighted by atomic mass is 32.2. The Kier molecular flexibility index (Phi) is 7.42. The SMILES string of the molecule is COc1cccc(/C=C2\SC(=O)N(CCOc3ccccc3)C2=O)c1OS(=O)(=O)c1ccccc1. The second-order valence-corrected chi connectivity index (χ2v) is 9.76. The first-order chi connectivity index (χ1) is 16.9. The zero-order valence-corrected chi connectivity index (χ0v) is 20.3. The van der Waals surface area contributed by atoms with Gasteiger partial charge < -0.3 is 13.7 Å². The Hall–Kier alpha value is -3.76. The van der Waals surface area contributed by atoms with Crippen molar-refractivity contribution < 1.29 is 31.7 Å². The maximum atomic E-state index is 12.9. The number of nitrogens with zero attached hydrogens (tertiary/aromatic N) is 1. The van der Waals surface area contributed by atoms with Crippen LogP contribution in [0, 0.1) is 0 Å². The van der Waals surface area contributed by atoms with Gasteiger partial charge in [0.1, 0.15) is 17.3 Å². The Balaban J connectivity index is 1.56. The minimum atomic E-state index is -4.17. The van der Waals surface area contributed by atoms with Crippen LogP contribution in [-0.2, 0) is 14.9 Å². The number of amides is 2. The van der Waals surface area contributed by atoms with Gasteiger partial charge in [-0.25, -0.2) is 0 Å². The van der Waals surface area contributed by atoms with E-state index in [1.807, 2.05) is 18.2 Å². The number of carbonyl (C=O) groups excluding carboxylic acids is 2. The molecule has 3 aromatic rings. The molecule has 0 unspecified atom stereocenters. The number of ether oxygens (including phenoxy) is 2. The summed E-state index contributed by atoms with van der Waals surface area (Å²) in [7, 11) is -2.79. The van der Waals surface area contributed by atoms with E-state index in [2.05, 4.69) is 0 Å². The highest BCUT2D eigenvalue weighted by Gasteiger charge is 2.35. The molecule has 2 amide bonds. The summed E-state index contributed by atoms with van der Waals surface area (Å²) >= 11 is 0.757. The normalized spacial score (nSPS) is 14.9. The lowest BCUT2D eigenvalue weighted by molar-refractivity contribution is -0.123. The van der Waals surface area contributed by atoms with Gasteiger partial charge in [-0.3, -0.25) is 14.5 Å². The van der Waals surface area contributed by atoms with Crippen LogP contribution in [0.25, 0.3) is 6.08 Å².